The average Bonchev–Trinajstić information content (AvgIpc) is 2.13. The van der Waals surface area contributed by atoms with Gasteiger partial charge in [0, 0.05) is 6.42 Å². The Morgan fingerprint density at radius 3 is 2.25 bits per heavy atom. The maximum atomic E-state index is 11.4. The summed E-state index contributed by atoms with van der Waals surface area (Å²) in [6.07, 6.45) is 7.59. The normalized spacial score (nSPS) is 11.6. The van der Waals surface area contributed by atoms with Crippen LogP contribution in [0.1, 0.15) is 53.4 Å². The molecule has 0 N–H and O–H groups in total. The van der Waals surface area contributed by atoms with Crippen LogP contribution >= 0.6 is 0 Å². The lowest BCUT2D eigenvalue weighted by atomic mass is 10.0. The molecule has 0 unspecified atom stereocenters. The smallest absolute Gasteiger partial charge is 0.155 e. The molecule has 0 aromatic rings. The molecule has 16 heavy (non-hydrogen) atoms. The maximum absolute atomic E-state index is 11.4. The predicted molar refractivity (Wildman–Crippen MR) is 71.4 cm³/mol. The van der Waals surface area contributed by atoms with Crippen LogP contribution in [-0.2, 0) is 4.79 Å². The monoisotopic (exact) mass is 222 g/mol. The SMILES string of the molecule is C=C(C=CC(=O)CC(C)C)CCCC(C)C. The zero-order valence-electron chi connectivity index (χ0n) is 11.3. The van der Waals surface area contributed by atoms with Crippen LogP contribution in [0.3, 0.4) is 0 Å². The van der Waals surface area contributed by atoms with Gasteiger partial charge in [0.1, 0.15) is 0 Å². The number of ketones is 1. The Hall–Kier alpha value is -0.850. The van der Waals surface area contributed by atoms with Gasteiger partial charge in [-0.05, 0) is 30.8 Å². The molecule has 0 amide bonds. The van der Waals surface area contributed by atoms with Crippen LogP contribution in [0, 0.1) is 11.8 Å². The summed E-state index contributed by atoms with van der Waals surface area (Å²) in [4.78, 5) is 11.4. The molecule has 0 bridgehead atoms. The standard InChI is InChI=1S/C15H26O/c1-12(2)7-6-8-14(5)9-10-15(16)11-13(3)4/h9-10,12-13H,5-8,11H2,1-4H3. The minimum Gasteiger partial charge on any atom is -0.295 e. The van der Waals surface area contributed by atoms with Crippen LogP contribution < -0.4 is 0 Å². The molecule has 0 aliphatic carbocycles. The first kappa shape index (κ1) is 15.2. The molecule has 0 atom stereocenters. The van der Waals surface area contributed by atoms with Gasteiger partial charge < -0.3 is 0 Å². The second-order valence-corrected chi connectivity index (χ2v) is 5.34. The van der Waals surface area contributed by atoms with Crippen molar-refractivity contribution in [3.63, 3.8) is 0 Å². The summed E-state index contributed by atoms with van der Waals surface area (Å²) in [7, 11) is 0. The fourth-order valence-corrected chi connectivity index (χ4v) is 1.50. The van der Waals surface area contributed by atoms with Crippen molar-refractivity contribution in [2.24, 2.45) is 11.8 Å². The molecule has 0 aromatic carbocycles. The molecule has 1 heteroatoms. The Kier molecular flexibility index (Phi) is 7.88. The third-order valence-electron chi connectivity index (χ3n) is 2.39. The fourth-order valence-electron chi connectivity index (χ4n) is 1.50. The second-order valence-electron chi connectivity index (χ2n) is 5.34. The highest BCUT2D eigenvalue weighted by atomic mass is 16.1. The molecule has 0 radical (unpaired) electrons. The summed E-state index contributed by atoms with van der Waals surface area (Å²) in [6, 6.07) is 0. The van der Waals surface area contributed by atoms with E-state index in [9.17, 15) is 4.79 Å². The van der Waals surface area contributed by atoms with Gasteiger partial charge in [0.25, 0.3) is 0 Å². The molecule has 0 aliphatic heterocycles. The van der Waals surface area contributed by atoms with Crippen LogP contribution in [0.5, 0.6) is 0 Å². The molecule has 0 saturated carbocycles. The molecular formula is C15H26O. The molecule has 0 spiro atoms. The zero-order chi connectivity index (χ0) is 12.6. The van der Waals surface area contributed by atoms with E-state index in [0.717, 1.165) is 17.9 Å². The van der Waals surface area contributed by atoms with Gasteiger partial charge in [-0.3, -0.25) is 4.79 Å². The molecule has 0 fully saturated rings. The summed E-state index contributed by atoms with van der Waals surface area (Å²) in [5.74, 6) is 1.39. The quantitative estimate of drug-likeness (QED) is 0.435. The van der Waals surface area contributed by atoms with Gasteiger partial charge in [0.2, 0.25) is 0 Å². The minimum absolute atomic E-state index is 0.208. The van der Waals surface area contributed by atoms with Crippen molar-refractivity contribution in [1.29, 1.82) is 0 Å². The van der Waals surface area contributed by atoms with Gasteiger partial charge in [-0.2, -0.15) is 0 Å². The zero-order valence-corrected chi connectivity index (χ0v) is 11.3. The van der Waals surface area contributed by atoms with E-state index in [4.69, 9.17) is 0 Å². The van der Waals surface area contributed by atoms with Crippen molar-refractivity contribution in [2.45, 2.75) is 53.4 Å². The van der Waals surface area contributed by atoms with E-state index in [1.807, 2.05) is 6.08 Å². The first-order valence-electron chi connectivity index (χ1n) is 6.30. The van der Waals surface area contributed by atoms with Crippen molar-refractivity contribution in [1.82, 2.24) is 0 Å². The van der Waals surface area contributed by atoms with Gasteiger partial charge in [-0.15, -0.1) is 0 Å². The fraction of sp³-hybridized carbons (Fsp3) is 0.667. The largest absolute Gasteiger partial charge is 0.295 e. The number of carbonyl (C=O) groups is 1. The molecule has 0 aromatic heterocycles. The van der Waals surface area contributed by atoms with Crippen LogP contribution in [0.25, 0.3) is 0 Å². The Morgan fingerprint density at radius 2 is 1.75 bits per heavy atom. The lowest BCUT2D eigenvalue weighted by Crippen LogP contribution is -1.98. The molecule has 0 rings (SSSR count). The topological polar surface area (TPSA) is 17.1 Å². The Bertz CT molecular complexity index is 246. The number of allylic oxidation sites excluding steroid dienone is 3. The van der Waals surface area contributed by atoms with Crippen LogP contribution in [0.15, 0.2) is 24.3 Å². The van der Waals surface area contributed by atoms with E-state index in [1.54, 1.807) is 6.08 Å². The molecule has 0 aliphatic rings. The highest BCUT2D eigenvalue weighted by molar-refractivity contribution is 5.90. The van der Waals surface area contributed by atoms with Gasteiger partial charge >= 0.3 is 0 Å². The highest BCUT2D eigenvalue weighted by Crippen LogP contribution is 2.12. The van der Waals surface area contributed by atoms with Crippen LogP contribution in [-0.4, -0.2) is 5.78 Å². The lowest BCUT2D eigenvalue weighted by molar-refractivity contribution is -0.115. The predicted octanol–water partition coefficient (Wildman–Crippen LogP) is 4.54. The Morgan fingerprint density at radius 1 is 1.12 bits per heavy atom. The summed E-state index contributed by atoms with van der Waals surface area (Å²) in [5, 5.41) is 0. The van der Waals surface area contributed by atoms with Gasteiger partial charge in [0.15, 0.2) is 5.78 Å². The third kappa shape index (κ3) is 9.70. The van der Waals surface area contributed by atoms with E-state index in [2.05, 4.69) is 34.3 Å². The van der Waals surface area contributed by atoms with E-state index >= 15 is 0 Å². The van der Waals surface area contributed by atoms with Crippen molar-refractivity contribution in [3.05, 3.63) is 24.3 Å². The molecule has 0 saturated heterocycles. The summed E-state index contributed by atoms with van der Waals surface area (Å²) in [6.45, 7) is 12.5. The number of rotatable bonds is 8. The van der Waals surface area contributed by atoms with Gasteiger partial charge in [-0.1, -0.05) is 52.3 Å². The van der Waals surface area contributed by atoms with E-state index in [-0.39, 0.29) is 5.78 Å². The first-order valence-corrected chi connectivity index (χ1v) is 6.30. The molecular weight excluding hydrogens is 196 g/mol. The Balaban J connectivity index is 3.77. The van der Waals surface area contributed by atoms with Crippen molar-refractivity contribution in [3.8, 4) is 0 Å². The van der Waals surface area contributed by atoms with Crippen LogP contribution in [0.2, 0.25) is 0 Å². The van der Waals surface area contributed by atoms with E-state index in [1.165, 1.54) is 12.8 Å². The Labute approximate surface area is 101 Å². The first-order chi connectivity index (χ1) is 7.41. The van der Waals surface area contributed by atoms with Gasteiger partial charge in [0.05, 0.1) is 0 Å². The number of carbonyl (C=O) groups excluding carboxylic acids is 1. The number of hydrogen-bond acceptors (Lipinski definition) is 1. The molecule has 1 nitrogen and oxygen atoms in total. The summed E-state index contributed by atoms with van der Waals surface area (Å²) in [5.41, 5.74) is 1.07. The maximum Gasteiger partial charge on any atom is 0.155 e. The minimum atomic E-state index is 0.208. The molecule has 92 valence electrons. The highest BCUT2D eigenvalue weighted by Gasteiger charge is 2.00. The van der Waals surface area contributed by atoms with Crippen molar-refractivity contribution in [2.75, 3.05) is 0 Å². The lowest BCUT2D eigenvalue weighted by Gasteiger charge is -2.04. The van der Waals surface area contributed by atoms with E-state index in [0.29, 0.717) is 12.3 Å². The van der Waals surface area contributed by atoms with E-state index < -0.39 is 0 Å². The van der Waals surface area contributed by atoms with Crippen LogP contribution in [0.4, 0.5) is 0 Å². The summed E-state index contributed by atoms with van der Waals surface area (Å²) >= 11 is 0. The van der Waals surface area contributed by atoms with Crippen molar-refractivity contribution >= 4 is 5.78 Å². The average molecular weight is 222 g/mol. The second kappa shape index (κ2) is 8.32. The third-order valence-corrected chi connectivity index (χ3v) is 2.39. The van der Waals surface area contributed by atoms with Crippen molar-refractivity contribution < 1.29 is 4.79 Å². The number of hydrogen-bond donors (Lipinski definition) is 0. The molecule has 0 heterocycles. The summed E-state index contributed by atoms with van der Waals surface area (Å²) < 4.78 is 0. The van der Waals surface area contributed by atoms with Gasteiger partial charge in [-0.25, -0.2) is 0 Å².